The van der Waals surface area contributed by atoms with Crippen LogP contribution in [0, 0.1) is 0 Å². The van der Waals surface area contributed by atoms with Crippen LogP contribution in [0.4, 0.5) is 0 Å². The van der Waals surface area contributed by atoms with Gasteiger partial charge in [-0.05, 0) is 0 Å². The molecule has 0 atom stereocenters. The second-order valence-corrected chi connectivity index (χ2v) is 2.32. The monoisotopic (exact) mass is 163 g/mol. The maximum atomic E-state index is 11.1. The van der Waals surface area contributed by atoms with Crippen LogP contribution in [-0.4, -0.2) is 15.0 Å². The molecule has 0 unspecified atom stereocenters. The van der Waals surface area contributed by atoms with Crippen molar-refractivity contribution in [3.8, 4) is 0 Å². The molecule has 2 aromatic rings. The average Bonchev–Trinajstić information content (AvgIpc) is 2.04. The minimum atomic E-state index is -0.468. The number of fused-ring (bicyclic) bond motifs is 1. The van der Waals surface area contributed by atoms with Crippen molar-refractivity contribution in [3.05, 3.63) is 39.2 Å². The number of H-pyrrole nitrogens is 2. The Labute approximate surface area is 66.1 Å². The third kappa shape index (κ3) is 0.914. The summed E-state index contributed by atoms with van der Waals surface area (Å²) >= 11 is 0. The molecule has 0 amide bonds. The van der Waals surface area contributed by atoms with E-state index in [1.54, 1.807) is 0 Å². The molecule has 0 aliphatic heterocycles. The lowest BCUT2D eigenvalue weighted by molar-refractivity contribution is 1.09. The average molecular weight is 163 g/mol. The topological polar surface area (TPSA) is 78.6 Å². The van der Waals surface area contributed by atoms with E-state index >= 15 is 0 Å². The molecule has 0 bridgehead atoms. The molecule has 2 heterocycles. The second kappa shape index (κ2) is 2.30. The summed E-state index contributed by atoms with van der Waals surface area (Å²) < 4.78 is 0. The van der Waals surface area contributed by atoms with Gasteiger partial charge in [-0.25, -0.2) is 9.78 Å². The molecule has 0 fully saturated rings. The highest BCUT2D eigenvalue weighted by atomic mass is 16.1. The van der Waals surface area contributed by atoms with Gasteiger partial charge in [0.2, 0.25) is 0 Å². The van der Waals surface area contributed by atoms with Crippen molar-refractivity contribution in [2.45, 2.75) is 0 Å². The Bertz CT molecular complexity index is 526. The molecule has 60 valence electrons. The van der Waals surface area contributed by atoms with Crippen LogP contribution in [-0.2, 0) is 0 Å². The van der Waals surface area contributed by atoms with Gasteiger partial charge in [0.25, 0.3) is 0 Å². The number of rotatable bonds is 0. The third-order valence-electron chi connectivity index (χ3n) is 1.54. The van der Waals surface area contributed by atoms with Gasteiger partial charge in [0.05, 0.1) is 5.39 Å². The van der Waals surface area contributed by atoms with E-state index < -0.39 is 5.69 Å². The summed E-state index contributed by atoms with van der Waals surface area (Å²) in [6, 6.07) is 1.38. The Morgan fingerprint density at radius 3 is 3.00 bits per heavy atom. The molecule has 2 N–H and O–H groups in total. The van der Waals surface area contributed by atoms with Crippen molar-refractivity contribution in [1.82, 2.24) is 15.0 Å². The number of nitrogens with one attached hydrogen (secondary N) is 2. The smallest absolute Gasteiger partial charge is 0.346 e. The largest absolute Gasteiger partial charge is 0.347 e. The van der Waals surface area contributed by atoms with E-state index in [9.17, 15) is 9.59 Å². The molecule has 0 radical (unpaired) electrons. The van der Waals surface area contributed by atoms with E-state index in [2.05, 4.69) is 15.0 Å². The van der Waals surface area contributed by atoms with Gasteiger partial charge < -0.3 is 4.98 Å². The van der Waals surface area contributed by atoms with Crippen LogP contribution in [0.2, 0.25) is 0 Å². The van der Waals surface area contributed by atoms with Crippen molar-refractivity contribution in [3.63, 3.8) is 0 Å². The standard InChI is InChI=1S/C7H5N3O2/c11-5-1-2-8-6-4(5)3-9-7(12)10-6/h1-3H,(H2,8,9,10,11,12). The first-order chi connectivity index (χ1) is 5.77. The molecule has 0 aromatic carbocycles. The highest BCUT2D eigenvalue weighted by molar-refractivity contribution is 5.72. The predicted molar refractivity (Wildman–Crippen MR) is 43.0 cm³/mol. The van der Waals surface area contributed by atoms with Gasteiger partial charge in [0.15, 0.2) is 5.43 Å². The Hall–Kier alpha value is -1.91. The van der Waals surface area contributed by atoms with Gasteiger partial charge in [-0.2, -0.15) is 0 Å². The summed E-state index contributed by atoms with van der Waals surface area (Å²) in [5.41, 5.74) is -0.223. The first kappa shape index (κ1) is 6.78. The molecule has 5 nitrogen and oxygen atoms in total. The molecule has 5 heteroatoms. The van der Waals surface area contributed by atoms with Crippen LogP contribution in [0.25, 0.3) is 11.0 Å². The summed E-state index contributed by atoms with van der Waals surface area (Å²) in [6.45, 7) is 0. The normalized spacial score (nSPS) is 10.3. The lowest BCUT2D eigenvalue weighted by atomic mass is 10.3. The molecule has 0 saturated carbocycles. The van der Waals surface area contributed by atoms with Gasteiger partial charge >= 0.3 is 5.69 Å². The maximum Gasteiger partial charge on any atom is 0.346 e. The fourth-order valence-electron chi connectivity index (χ4n) is 0.985. The van der Waals surface area contributed by atoms with Crippen LogP contribution in [0.15, 0.2) is 28.0 Å². The molecule has 0 aliphatic rings. The van der Waals surface area contributed by atoms with Crippen LogP contribution >= 0.6 is 0 Å². The van der Waals surface area contributed by atoms with Crippen LogP contribution in [0.1, 0.15) is 0 Å². The molecule has 2 rings (SSSR count). The maximum absolute atomic E-state index is 11.1. The Kier molecular flexibility index (Phi) is 1.30. The Balaban J connectivity index is 3.06. The summed E-state index contributed by atoms with van der Waals surface area (Å²) in [4.78, 5) is 30.4. The number of nitrogens with zero attached hydrogens (tertiary/aromatic N) is 1. The second-order valence-electron chi connectivity index (χ2n) is 2.32. The third-order valence-corrected chi connectivity index (χ3v) is 1.54. The highest BCUT2D eigenvalue weighted by Gasteiger charge is 1.96. The van der Waals surface area contributed by atoms with Crippen molar-refractivity contribution in [2.75, 3.05) is 0 Å². The number of aromatic amines is 2. The molecule has 0 aliphatic carbocycles. The van der Waals surface area contributed by atoms with Gasteiger partial charge in [-0.15, -0.1) is 0 Å². The van der Waals surface area contributed by atoms with Crippen molar-refractivity contribution in [1.29, 1.82) is 0 Å². The van der Waals surface area contributed by atoms with E-state index in [-0.39, 0.29) is 5.43 Å². The highest BCUT2D eigenvalue weighted by Crippen LogP contribution is 1.95. The molecule has 0 saturated heterocycles. The molecule has 0 spiro atoms. The van der Waals surface area contributed by atoms with Crippen molar-refractivity contribution < 1.29 is 0 Å². The zero-order valence-corrected chi connectivity index (χ0v) is 6.00. The lowest BCUT2D eigenvalue weighted by Gasteiger charge is -1.92. The fourth-order valence-corrected chi connectivity index (χ4v) is 0.985. The zero-order valence-electron chi connectivity index (χ0n) is 6.00. The quantitative estimate of drug-likeness (QED) is 0.555. The summed E-state index contributed by atoms with van der Waals surface area (Å²) in [5.74, 6) is 0. The van der Waals surface area contributed by atoms with E-state index in [1.165, 1.54) is 18.5 Å². The molecular formula is C7H5N3O2. The first-order valence-electron chi connectivity index (χ1n) is 3.34. The minimum absolute atomic E-state index is 0.160. The van der Waals surface area contributed by atoms with Crippen LogP contribution < -0.4 is 11.1 Å². The van der Waals surface area contributed by atoms with E-state index in [0.717, 1.165) is 0 Å². The van der Waals surface area contributed by atoms with E-state index in [0.29, 0.717) is 11.0 Å². The number of aromatic nitrogens is 3. The molecule has 12 heavy (non-hydrogen) atoms. The van der Waals surface area contributed by atoms with Gasteiger partial charge in [-0.1, -0.05) is 0 Å². The van der Waals surface area contributed by atoms with E-state index in [1.807, 2.05) is 0 Å². The van der Waals surface area contributed by atoms with Crippen LogP contribution in [0.3, 0.4) is 0 Å². The Morgan fingerprint density at radius 2 is 2.17 bits per heavy atom. The van der Waals surface area contributed by atoms with Gasteiger partial charge in [-0.3, -0.25) is 9.78 Å². The number of hydrogen-bond donors (Lipinski definition) is 2. The Morgan fingerprint density at radius 1 is 1.33 bits per heavy atom. The lowest BCUT2D eigenvalue weighted by Crippen LogP contribution is -2.13. The van der Waals surface area contributed by atoms with Gasteiger partial charge in [0, 0.05) is 18.5 Å². The number of hydrogen-bond acceptors (Lipinski definition) is 3. The fraction of sp³-hybridized carbons (Fsp3) is 0. The van der Waals surface area contributed by atoms with Gasteiger partial charge in [0.1, 0.15) is 5.65 Å². The predicted octanol–water partition coefficient (Wildman–Crippen LogP) is -0.389. The van der Waals surface area contributed by atoms with Crippen LogP contribution in [0.5, 0.6) is 0 Å². The minimum Gasteiger partial charge on any atom is -0.347 e. The summed E-state index contributed by atoms with van der Waals surface area (Å²) in [6.07, 6.45) is 2.73. The van der Waals surface area contributed by atoms with Crippen molar-refractivity contribution in [2.24, 2.45) is 0 Å². The molecular weight excluding hydrogens is 158 g/mol. The summed E-state index contributed by atoms with van der Waals surface area (Å²) in [7, 11) is 0. The number of pyridine rings is 1. The molecule has 2 aromatic heterocycles. The first-order valence-corrected chi connectivity index (χ1v) is 3.34. The van der Waals surface area contributed by atoms with Crippen molar-refractivity contribution >= 4 is 11.0 Å². The summed E-state index contributed by atoms with van der Waals surface area (Å²) in [5, 5.41) is 0.386. The zero-order chi connectivity index (χ0) is 8.55. The van der Waals surface area contributed by atoms with E-state index in [4.69, 9.17) is 0 Å². The SMILES string of the molecule is O=c1ncc2c(=O)cc[nH]c2[nH]1.